The van der Waals surface area contributed by atoms with Crippen LogP contribution in [0.5, 0.6) is 0 Å². The molecule has 1 aliphatic rings. The third-order valence-corrected chi connectivity index (χ3v) is 3.51. The van der Waals surface area contributed by atoms with Crippen molar-refractivity contribution in [3.63, 3.8) is 0 Å². The van der Waals surface area contributed by atoms with Crippen LogP contribution in [0.3, 0.4) is 0 Å². The summed E-state index contributed by atoms with van der Waals surface area (Å²) in [5, 5.41) is -8.18. The van der Waals surface area contributed by atoms with Crippen molar-refractivity contribution in [2.24, 2.45) is 5.92 Å². The van der Waals surface area contributed by atoms with Crippen molar-refractivity contribution in [3.05, 3.63) is 0 Å². The number of carbonyl (C=O) groups is 1. The molecule has 0 aromatic heterocycles. The highest BCUT2D eigenvalue weighted by Crippen LogP contribution is 2.78. The lowest BCUT2D eigenvalue weighted by Crippen LogP contribution is -2.39. The van der Waals surface area contributed by atoms with Crippen molar-refractivity contribution >= 4 is 68.7 Å². The van der Waals surface area contributed by atoms with Gasteiger partial charge in [-0.15, -0.1) is 10.4 Å². The lowest BCUT2D eigenvalue weighted by atomic mass is 9.17. The molecule has 0 aliphatic heterocycles. The molecule has 68 valence electrons. The van der Waals surface area contributed by atoms with E-state index in [0.29, 0.717) is 0 Å². The van der Waals surface area contributed by atoms with E-state index in [1.807, 2.05) is 0 Å². The molecule has 0 spiro atoms. The van der Waals surface area contributed by atoms with Gasteiger partial charge in [0.25, 0.3) is 0 Å². The van der Waals surface area contributed by atoms with Crippen LogP contribution in [0.25, 0.3) is 0 Å². The van der Waals surface area contributed by atoms with Gasteiger partial charge in [-0.1, -0.05) is 10.4 Å². The molecule has 0 heterocycles. The van der Waals surface area contributed by atoms with Crippen LogP contribution in [-0.4, -0.2) is 75.8 Å². The minimum atomic E-state index is -2.07. The summed E-state index contributed by atoms with van der Waals surface area (Å²) in [6, 6.07) is 0. The van der Waals surface area contributed by atoms with Gasteiger partial charge in [0.1, 0.15) is 0 Å². The molecule has 1 aliphatic carbocycles. The van der Waals surface area contributed by atoms with Gasteiger partial charge in [-0.3, -0.25) is 4.79 Å². The van der Waals surface area contributed by atoms with Crippen molar-refractivity contribution in [3.8, 4) is 0 Å². The second-order valence-electron chi connectivity index (χ2n) is 4.56. The van der Waals surface area contributed by atoms with Crippen LogP contribution in [0.4, 0.5) is 0 Å². The zero-order valence-electron chi connectivity index (χ0n) is 9.51. The van der Waals surface area contributed by atoms with E-state index in [-0.39, 0.29) is 0 Å². The van der Waals surface area contributed by atoms with Crippen molar-refractivity contribution in [2.45, 2.75) is 20.9 Å². The highest BCUT2D eigenvalue weighted by molar-refractivity contribution is 6.68. The number of ether oxygens (including phenoxy) is 1. The zero-order valence-corrected chi connectivity index (χ0v) is 9.51. The lowest BCUT2D eigenvalue weighted by molar-refractivity contribution is -0.145. The summed E-state index contributed by atoms with van der Waals surface area (Å²) in [4.78, 5) is 11.7. The van der Waals surface area contributed by atoms with Crippen molar-refractivity contribution in [1.29, 1.82) is 0 Å². The highest BCUT2D eigenvalue weighted by Gasteiger charge is 2.66. The van der Waals surface area contributed by atoms with Gasteiger partial charge >= 0.3 is 5.97 Å². The van der Waals surface area contributed by atoms with Gasteiger partial charge in [-0.2, -0.15) is 0 Å². The molecule has 0 unspecified atom stereocenters. The molecule has 0 saturated heterocycles. The maximum absolute atomic E-state index is 11.7. The number of methoxy groups -OCH3 is 1. The van der Waals surface area contributed by atoms with Crippen LogP contribution in [0.2, 0.25) is 20.9 Å². The second-order valence-corrected chi connectivity index (χ2v) is 4.56. The summed E-state index contributed by atoms with van der Waals surface area (Å²) in [6.07, 6.45) is 0. The number of rotatable bonds is 1. The Morgan fingerprint density at radius 2 is 1.18 bits per heavy atom. The van der Waals surface area contributed by atoms with Gasteiger partial charge in [0, 0.05) is 5.92 Å². The summed E-state index contributed by atoms with van der Waals surface area (Å²) in [7, 11) is 46.9. The van der Waals surface area contributed by atoms with Crippen molar-refractivity contribution in [1.82, 2.24) is 0 Å². The van der Waals surface area contributed by atoms with Crippen molar-refractivity contribution in [2.75, 3.05) is 7.11 Å². The van der Waals surface area contributed by atoms with Crippen molar-refractivity contribution < 1.29 is 9.53 Å². The summed E-state index contributed by atoms with van der Waals surface area (Å²) < 4.78 is 4.51. The normalized spacial score (nSPS) is 28.5. The van der Waals surface area contributed by atoms with E-state index >= 15 is 0 Å². The first-order valence-electron chi connectivity index (χ1n) is 4.74. The predicted molar refractivity (Wildman–Crippen MR) is 72.3 cm³/mol. The van der Waals surface area contributed by atoms with Gasteiger partial charge < -0.3 is 4.74 Å². The maximum atomic E-state index is 11.7. The van der Waals surface area contributed by atoms with E-state index < -0.39 is 32.7 Å². The minimum Gasteiger partial charge on any atom is -0.469 e. The SMILES string of the molecule is [B]C1([B])C(C(=O)OC)C([B])([B])C([B])([B])C1([B])[B]. The lowest BCUT2D eigenvalue weighted by Gasteiger charge is -2.51. The van der Waals surface area contributed by atoms with Gasteiger partial charge in [-0.05, 0) is 0 Å². The monoisotopic (exact) mass is 208 g/mol. The molecule has 1 fully saturated rings. The molecule has 0 atom stereocenters. The molecule has 1 saturated carbocycles. The minimum absolute atomic E-state index is 0.891. The predicted octanol–water partition coefficient (Wildman–Crippen LogP) is -2.40. The molecule has 0 aromatic carbocycles. The average molecular weight is 207 g/mol. The fourth-order valence-electron chi connectivity index (χ4n) is 2.10. The first kappa shape index (κ1) is 15.0. The van der Waals surface area contributed by atoms with Crippen LogP contribution < -0.4 is 0 Å². The van der Waals surface area contributed by atoms with Crippen LogP contribution >= 0.6 is 0 Å². The smallest absolute Gasteiger partial charge is 0.306 e. The average Bonchev–Trinajstić information content (AvgIpc) is 2.21. The van der Waals surface area contributed by atoms with Crippen LogP contribution in [-0.2, 0) is 9.53 Å². The topological polar surface area (TPSA) is 26.3 Å². The van der Waals surface area contributed by atoms with Gasteiger partial charge in [0.05, 0.1) is 69.9 Å². The Morgan fingerprint density at radius 3 is 1.41 bits per heavy atom. The molecular formula is C7H4B8O2. The molecule has 0 bridgehead atoms. The Balaban J connectivity index is 3.48. The second kappa shape index (κ2) is 3.74. The first-order valence-corrected chi connectivity index (χ1v) is 4.74. The molecule has 10 heteroatoms. The largest absolute Gasteiger partial charge is 0.469 e. The van der Waals surface area contributed by atoms with E-state index in [2.05, 4.69) is 4.74 Å². The van der Waals surface area contributed by atoms with Gasteiger partial charge in [0.2, 0.25) is 0 Å². The van der Waals surface area contributed by atoms with E-state index in [9.17, 15) is 4.79 Å². The molecule has 1 rings (SSSR count). The third kappa shape index (κ3) is 1.55. The Bertz CT molecular complexity index is 324. The van der Waals surface area contributed by atoms with E-state index in [4.69, 9.17) is 62.8 Å². The molecule has 0 amide bonds. The summed E-state index contributed by atoms with van der Waals surface area (Å²) in [5.74, 6) is -2.34. The standard InChI is InChI=1S/C7H4B8O2/c1-17-3(16)2-4(8,9)6(12,13)7(14,15)5(2,10)11/h2H,1H3. The van der Waals surface area contributed by atoms with Crippen LogP contribution in [0, 0.1) is 5.92 Å². The Labute approximate surface area is 112 Å². The maximum Gasteiger partial charge on any atom is 0.306 e. The fraction of sp³-hybridized carbons (Fsp3) is 0.857. The van der Waals surface area contributed by atoms with Gasteiger partial charge in [-0.25, -0.2) is 0 Å². The molecule has 0 aromatic rings. The number of hydrogen-bond donors (Lipinski definition) is 0. The quantitative estimate of drug-likeness (QED) is 0.353. The summed E-state index contributed by atoms with van der Waals surface area (Å²) in [5.41, 5.74) is 0. The Morgan fingerprint density at radius 1 is 0.882 bits per heavy atom. The van der Waals surface area contributed by atoms with Gasteiger partial charge in [0.15, 0.2) is 0 Å². The van der Waals surface area contributed by atoms with E-state index in [1.54, 1.807) is 0 Å². The molecule has 16 radical (unpaired) electrons. The molecule has 0 N–H and O–H groups in total. The highest BCUT2D eigenvalue weighted by atomic mass is 16.5. The molecule has 17 heavy (non-hydrogen) atoms. The Hall–Kier alpha value is -0.0105. The molecular weight excluding hydrogens is 203 g/mol. The van der Waals surface area contributed by atoms with Crippen LogP contribution in [0.1, 0.15) is 0 Å². The summed E-state index contributed by atoms with van der Waals surface area (Å²) in [6.45, 7) is 0. The summed E-state index contributed by atoms with van der Waals surface area (Å²) >= 11 is 0. The Kier molecular flexibility index (Phi) is 3.31. The fourth-order valence-corrected chi connectivity index (χ4v) is 2.10. The number of hydrogen-bond acceptors (Lipinski definition) is 2. The first-order chi connectivity index (χ1) is 7.35. The molecule has 2 nitrogen and oxygen atoms in total. The van der Waals surface area contributed by atoms with E-state index in [0.717, 1.165) is 7.11 Å². The number of esters is 1. The zero-order chi connectivity index (χ0) is 13.9. The third-order valence-electron chi connectivity index (χ3n) is 3.51. The number of carbonyl (C=O) groups excluding carboxylic acids is 1. The van der Waals surface area contributed by atoms with Crippen LogP contribution in [0.15, 0.2) is 0 Å². The van der Waals surface area contributed by atoms with E-state index in [1.165, 1.54) is 0 Å².